The molecule has 4 heteroatoms. The van der Waals surface area contributed by atoms with Gasteiger partial charge < -0.3 is 14.5 Å². The number of hydrogen-bond donors (Lipinski definition) is 0. The SMILES string of the molecule is CN(CC1CN(C(=O)OC(C)(C)C)C1)C1CC1. The molecule has 1 amide bonds. The maximum atomic E-state index is 11.7. The monoisotopic (exact) mass is 240 g/mol. The third kappa shape index (κ3) is 3.60. The van der Waals surface area contributed by atoms with Crippen LogP contribution in [0.15, 0.2) is 0 Å². The summed E-state index contributed by atoms with van der Waals surface area (Å²) in [5, 5.41) is 0. The van der Waals surface area contributed by atoms with Gasteiger partial charge in [0.15, 0.2) is 0 Å². The number of likely N-dealkylation sites (tertiary alicyclic amines) is 1. The molecule has 0 radical (unpaired) electrons. The fraction of sp³-hybridized carbons (Fsp3) is 0.923. The van der Waals surface area contributed by atoms with Gasteiger partial charge in [0.05, 0.1) is 0 Å². The molecular formula is C13H24N2O2. The van der Waals surface area contributed by atoms with E-state index in [-0.39, 0.29) is 11.7 Å². The van der Waals surface area contributed by atoms with Crippen LogP contribution >= 0.6 is 0 Å². The molecule has 0 aromatic heterocycles. The van der Waals surface area contributed by atoms with Crippen molar-refractivity contribution in [2.75, 3.05) is 26.7 Å². The molecule has 98 valence electrons. The number of amides is 1. The molecule has 1 saturated carbocycles. The zero-order chi connectivity index (χ0) is 12.6. The number of carbonyl (C=O) groups is 1. The fourth-order valence-corrected chi connectivity index (χ4v) is 2.23. The van der Waals surface area contributed by atoms with Crippen molar-refractivity contribution in [1.29, 1.82) is 0 Å². The average molecular weight is 240 g/mol. The summed E-state index contributed by atoms with van der Waals surface area (Å²) in [6, 6.07) is 0.811. The summed E-state index contributed by atoms with van der Waals surface area (Å²) >= 11 is 0. The Morgan fingerprint density at radius 2 is 1.94 bits per heavy atom. The van der Waals surface area contributed by atoms with E-state index in [0.29, 0.717) is 5.92 Å². The van der Waals surface area contributed by atoms with E-state index in [1.54, 1.807) is 4.90 Å². The predicted molar refractivity (Wildman–Crippen MR) is 66.9 cm³/mol. The summed E-state index contributed by atoms with van der Waals surface area (Å²) in [7, 11) is 2.19. The highest BCUT2D eigenvalue weighted by Crippen LogP contribution is 2.28. The molecular weight excluding hydrogens is 216 g/mol. The quantitative estimate of drug-likeness (QED) is 0.756. The summed E-state index contributed by atoms with van der Waals surface area (Å²) < 4.78 is 5.33. The summed E-state index contributed by atoms with van der Waals surface area (Å²) in [6.45, 7) is 8.54. The van der Waals surface area contributed by atoms with Crippen LogP contribution in [-0.2, 0) is 4.74 Å². The van der Waals surface area contributed by atoms with Crippen molar-refractivity contribution in [2.45, 2.75) is 45.3 Å². The number of hydrogen-bond acceptors (Lipinski definition) is 3. The van der Waals surface area contributed by atoms with Gasteiger partial charge in [0.25, 0.3) is 0 Å². The number of nitrogens with zero attached hydrogens (tertiary/aromatic N) is 2. The van der Waals surface area contributed by atoms with E-state index >= 15 is 0 Å². The first kappa shape index (κ1) is 12.7. The summed E-state index contributed by atoms with van der Waals surface area (Å²) in [6.07, 6.45) is 2.53. The Balaban J connectivity index is 1.66. The van der Waals surface area contributed by atoms with E-state index in [9.17, 15) is 4.79 Å². The smallest absolute Gasteiger partial charge is 0.410 e. The molecule has 1 saturated heterocycles. The van der Waals surface area contributed by atoms with Gasteiger partial charge >= 0.3 is 6.09 Å². The minimum Gasteiger partial charge on any atom is -0.444 e. The number of ether oxygens (including phenoxy) is 1. The zero-order valence-electron chi connectivity index (χ0n) is 11.4. The first-order chi connectivity index (χ1) is 7.85. The minimum absolute atomic E-state index is 0.164. The molecule has 0 N–H and O–H groups in total. The maximum absolute atomic E-state index is 11.7. The molecule has 0 bridgehead atoms. The standard InChI is InChI=1S/C13H24N2O2/c1-13(2,3)17-12(16)15-8-10(9-15)7-14(4)11-5-6-11/h10-11H,5-9H2,1-4H3. The largest absolute Gasteiger partial charge is 0.444 e. The van der Waals surface area contributed by atoms with Crippen molar-refractivity contribution in [3.05, 3.63) is 0 Å². The lowest BCUT2D eigenvalue weighted by Crippen LogP contribution is -2.54. The van der Waals surface area contributed by atoms with E-state index < -0.39 is 0 Å². The van der Waals surface area contributed by atoms with Gasteiger partial charge in [0.1, 0.15) is 5.60 Å². The van der Waals surface area contributed by atoms with E-state index in [4.69, 9.17) is 4.74 Å². The highest BCUT2D eigenvalue weighted by atomic mass is 16.6. The van der Waals surface area contributed by atoms with Crippen molar-refractivity contribution in [1.82, 2.24) is 9.80 Å². The molecule has 2 rings (SSSR count). The molecule has 1 aliphatic heterocycles. The number of carbonyl (C=O) groups excluding carboxylic acids is 1. The molecule has 0 atom stereocenters. The molecule has 2 fully saturated rings. The van der Waals surface area contributed by atoms with Crippen molar-refractivity contribution in [2.24, 2.45) is 5.92 Å². The van der Waals surface area contributed by atoms with Gasteiger partial charge in [-0.25, -0.2) is 4.79 Å². The van der Waals surface area contributed by atoms with Crippen molar-refractivity contribution in [3.63, 3.8) is 0 Å². The van der Waals surface area contributed by atoms with Gasteiger partial charge in [-0.05, 0) is 40.7 Å². The summed E-state index contributed by atoms with van der Waals surface area (Å²) in [5.41, 5.74) is -0.382. The van der Waals surface area contributed by atoms with Crippen LogP contribution in [-0.4, -0.2) is 54.2 Å². The average Bonchev–Trinajstić information content (AvgIpc) is 2.88. The van der Waals surface area contributed by atoms with Crippen LogP contribution in [0, 0.1) is 5.92 Å². The lowest BCUT2D eigenvalue weighted by Gasteiger charge is -2.41. The third-order valence-corrected chi connectivity index (χ3v) is 3.33. The van der Waals surface area contributed by atoms with Crippen LogP contribution in [0.5, 0.6) is 0 Å². The van der Waals surface area contributed by atoms with Crippen LogP contribution in [0.2, 0.25) is 0 Å². The molecule has 2 aliphatic rings. The zero-order valence-corrected chi connectivity index (χ0v) is 11.4. The van der Waals surface area contributed by atoms with E-state index in [2.05, 4.69) is 11.9 Å². The molecule has 0 unspecified atom stereocenters. The van der Waals surface area contributed by atoms with Crippen LogP contribution < -0.4 is 0 Å². The second-order valence-electron chi connectivity index (χ2n) is 6.42. The number of rotatable bonds is 3. The van der Waals surface area contributed by atoms with Gasteiger partial charge in [-0.3, -0.25) is 0 Å². The molecule has 4 nitrogen and oxygen atoms in total. The lowest BCUT2D eigenvalue weighted by atomic mass is 10.0. The van der Waals surface area contributed by atoms with E-state index in [1.807, 2.05) is 20.8 Å². The Morgan fingerprint density at radius 3 is 2.41 bits per heavy atom. The molecule has 1 heterocycles. The van der Waals surface area contributed by atoms with Gasteiger partial charge in [-0.1, -0.05) is 0 Å². The summed E-state index contributed by atoms with van der Waals surface area (Å²) in [5.74, 6) is 0.633. The van der Waals surface area contributed by atoms with Crippen molar-refractivity contribution >= 4 is 6.09 Å². The van der Waals surface area contributed by atoms with Gasteiger partial charge in [-0.2, -0.15) is 0 Å². The Morgan fingerprint density at radius 1 is 1.35 bits per heavy atom. The second kappa shape index (κ2) is 4.48. The minimum atomic E-state index is -0.382. The Labute approximate surface area is 104 Å². The fourth-order valence-electron chi connectivity index (χ4n) is 2.23. The first-order valence-electron chi connectivity index (χ1n) is 6.53. The Bertz CT molecular complexity index is 288. The molecule has 17 heavy (non-hydrogen) atoms. The van der Waals surface area contributed by atoms with E-state index in [0.717, 1.165) is 25.7 Å². The van der Waals surface area contributed by atoms with Crippen LogP contribution in [0.1, 0.15) is 33.6 Å². The highest BCUT2D eigenvalue weighted by molar-refractivity contribution is 5.69. The Hall–Kier alpha value is -0.770. The highest BCUT2D eigenvalue weighted by Gasteiger charge is 2.36. The third-order valence-electron chi connectivity index (χ3n) is 3.33. The molecule has 0 spiro atoms. The second-order valence-corrected chi connectivity index (χ2v) is 6.42. The van der Waals surface area contributed by atoms with E-state index in [1.165, 1.54) is 12.8 Å². The Kier molecular flexibility index (Phi) is 3.34. The van der Waals surface area contributed by atoms with Crippen LogP contribution in [0.25, 0.3) is 0 Å². The normalized spacial score (nSPS) is 21.6. The van der Waals surface area contributed by atoms with Crippen LogP contribution in [0.3, 0.4) is 0 Å². The topological polar surface area (TPSA) is 32.8 Å². The van der Waals surface area contributed by atoms with Gasteiger partial charge in [0, 0.05) is 31.6 Å². The van der Waals surface area contributed by atoms with Gasteiger partial charge in [-0.15, -0.1) is 0 Å². The molecule has 0 aromatic carbocycles. The van der Waals surface area contributed by atoms with Crippen molar-refractivity contribution < 1.29 is 9.53 Å². The first-order valence-corrected chi connectivity index (χ1v) is 6.53. The maximum Gasteiger partial charge on any atom is 0.410 e. The van der Waals surface area contributed by atoms with Crippen molar-refractivity contribution in [3.8, 4) is 0 Å². The predicted octanol–water partition coefficient (Wildman–Crippen LogP) is 1.95. The summed E-state index contributed by atoms with van der Waals surface area (Å²) in [4.78, 5) is 15.9. The lowest BCUT2D eigenvalue weighted by molar-refractivity contribution is -0.00549. The molecule has 0 aromatic rings. The molecule has 1 aliphatic carbocycles. The van der Waals surface area contributed by atoms with Crippen LogP contribution in [0.4, 0.5) is 4.79 Å². The van der Waals surface area contributed by atoms with Gasteiger partial charge in [0.2, 0.25) is 0 Å².